The van der Waals surface area contributed by atoms with Crippen LogP contribution in [-0.2, 0) is 19.4 Å². The monoisotopic (exact) mass is 251 g/mol. The second kappa shape index (κ2) is 4.02. The van der Waals surface area contributed by atoms with Crippen LogP contribution in [0.1, 0.15) is 0 Å². The highest BCUT2D eigenvalue weighted by Crippen LogP contribution is 2.49. The number of aliphatic carboxylic acids is 2. The standard InChI is InChI=1S/C8H13NO6S/c1-16(14,15)2-3-4(5(3)7(10)11)6(9)8(12)13/h3-6H,2,9H2,1H3,(H,10,11)(H,12,13). The van der Waals surface area contributed by atoms with Crippen molar-refractivity contribution >= 4 is 21.8 Å². The summed E-state index contributed by atoms with van der Waals surface area (Å²) >= 11 is 0. The van der Waals surface area contributed by atoms with Gasteiger partial charge in [0, 0.05) is 12.2 Å². The van der Waals surface area contributed by atoms with Crippen molar-refractivity contribution in [1.82, 2.24) is 0 Å². The molecule has 0 amide bonds. The van der Waals surface area contributed by atoms with Crippen LogP contribution in [0, 0.1) is 17.8 Å². The van der Waals surface area contributed by atoms with E-state index in [9.17, 15) is 18.0 Å². The van der Waals surface area contributed by atoms with Crippen LogP contribution in [0.2, 0.25) is 0 Å². The van der Waals surface area contributed by atoms with Gasteiger partial charge in [-0.1, -0.05) is 0 Å². The zero-order valence-corrected chi connectivity index (χ0v) is 9.35. The summed E-state index contributed by atoms with van der Waals surface area (Å²) in [4.78, 5) is 21.3. The largest absolute Gasteiger partial charge is 0.481 e. The van der Waals surface area contributed by atoms with Gasteiger partial charge < -0.3 is 15.9 Å². The quantitative estimate of drug-likeness (QED) is 0.535. The highest BCUT2D eigenvalue weighted by molar-refractivity contribution is 7.90. The number of nitrogens with two attached hydrogens (primary N) is 1. The predicted molar refractivity (Wildman–Crippen MR) is 53.4 cm³/mol. The molecule has 0 aromatic carbocycles. The first-order chi connectivity index (χ1) is 7.15. The van der Waals surface area contributed by atoms with Gasteiger partial charge in [-0.3, -0.25) is 9.59 Å². The van der Waals surface area contributed by atoms with Gasteiger partial charge in [-0.25, -0.2) is 8.42 Å². The maximum Gasteiger partial charge on any atom is 0.320 e. The van der Waals surface area contributed by atoms with E-state index >= 15 is 0 Å². The maximum atomic E-state index is 11.0. The lowest BCUT2D eigenvalue weighted by molar-refractivity contribution is -0.140. The molecule has 1 fully saturated rings. The molecule has 92 valence electrons. The molecule has 1 saturated carbocycles. The molecule has 4 N–H and O–H groups in total. The summed E-state index contributed by atoms with van der Waals surface area (Å²) in [7, 11) is -3.33. The van der Waals surface area contributed by atoms with Crippen molar-refractivity contribution in [2.24, 2.45) is 23.5 Å². The lowest BCUT2D eigenvalue weighted by Gasteiger charge is -2.03. The third-order valence-electron chi connectivity index (χ3n) is 2.71. The fourth-order valence-electron chi connectivity index (χ4n) is 1.97. The Morgan fingerprint density at radius 3 is 2.19 bits per heavy atom. The predicted octanol–water partition coefficient (Wildman–Crippen LogP) is -1.61. The minimum Gasteiger partial charge on any atom is -0.481 e. The summed E-state index contributed by atoms with van der Waals surface area (Å²) in [6, 6.07) is -1.33. The van der Waals surface area contributed by atoms with Crippen LogP contribution in [0.3, 0.4) is 0 Å². The second-order valence-electron chi connectivity index (χ2n) is 4.06. The summed E-state index contributed by atoms with van der Waals surface area (Å²) in [5.74, 6) is -5.32. The third-order valence-corrected chi connectivity index (χ3v) is 3.70. The average molecular weight is 251 g/mol. The Balaban J connectivity index is 2.79. The Morgan fingerprint density at radius 1 is 1.38 bits per heavy atom. The second-order valence-corrected chi connectivity index (χ2v) is 6.25. The zero-order valence-electron chi connectivity index (χ0n) is 8.53. The molecule has 16 heavy (non-hydrogen) atoms. The van der Waals surface area contributed by atoms with Crippen molar-refractivity contribution in [3.63, 3.8) is 0 Å². The van der Waals surface area contributed by atoms with Gasteiger partial charge in [0.1, 0.15) is 15.9 Å². The first kappa shape index (κ1) is 12.9. The molecule has 0 saturated heterocycles. The van der Waals surface area contributed by atoms with Crippen molar-refractivity contribution in [3.8, 4) is 0 Å². The molecular formula is C8H13NO6S. The number of hydrogen-bond donors (Lipinski definition) is 3. The van der Waals surface area contributed by atoms with Crippen LogP contribution in [0.25, 0.3) is 0 Å². The van der Waals surface area contributed by atoms with Crippen LogP contribution in [0.15, 0.2) is 0 Å². The maximum absolute atomic E-state index is 11.0. The van der Waals surface area contributed by atoms with Gasteiger partial charge in [-0.15, -0.1) is 0 Å². The Hall–Kier alpha value is -1.15. The molecule has 4 unspecified atom stereocenters. The van der Waals surface area contributed by atoms with Crippen molar-refractivity contribution in [1.29, 1.82) is 0 Å². The summed E-state index contributed by atoms with van der Waals surface area (Å²) in [6.45, 7) is 0. The van der Waals surface area contributed by atoms with E-state index < -0.39 is 45.6 Å². The van der Waals surface area contributed by atoms with E-state index in [4.69, 9.17) is 15.9 Å². The van der Waals surface area contributed by atoms with E-state index in [1.165, 1.54) is 0 Å². The van der Waals surface area contributed by atoms with E-state index in [1.54, 1.807) is 0 Å². The van der Waals surface area contributed by atoms with Crippen LogP contribution in [0.4, 0.5) is 0 Å². The summed E-state index contributed by atoms with van der Waals surface area (Å²) in [6.07, 6.45) is 0.980. The van der Waals surface area contributed by atoms with Crippen LogP contribution in [0.5, 0.6) is 0 Å². The van der Waals surface area contributed by atoms with Gasteiger partial charge >= 0.3 is 11.9 Å². The summed E-state index contributed by atoms with van der Waals surface area (Å²) in [5, 5.41) is 17.4. The van der Waals surface area contributed by atoms with Crippen LogP contribution >= 0.6 is 0 Å². The van der Waals surface area contributed by atoms with E-state index in [-0.39, 0.29) is 5.75 Å². The van der Waals surface area contributed by atoms with E-state index in [1.807, 2.05) is 0 Å². The molecule has 0 aromatic rings. The molecule has 4 atom stereocenters. The Labute approximate surface area is 92.2 Å². The molecule has 0 spiro atoms. The molecule has 0 heterocycles. The Kier molecular flexibility index (Phi) is 3.25. The Morgan fingerprint density at radius 2 is 1.88 bits per heavy atom. The van der Waals surface area contributed by atoms with Crippen molar-refractivity contribution in [2.75, 3.05) is 12.0 Å². The van der Waals surface area contributed by atoms with Gasteiger partial charge in [-0.2, -0.15) is 0 Å². The van der Waals surface area contributed by atoms with Crippen molar-refractivity contribution in [3.05, 3.63) is 0 Å². The van der Waals surface area contributed by atoms with Crippen LogP contribution < -0.4 is 5.73 Å². The number of rotatable bonds is 5. The molecule has 0 radical (unpaired) electrons. The fraction of sp³-hybridized carbons (Fsp3) is 0.750. The number of hydrogen-bond acceptors (Lipinski definition) is 5. The summed E-state index contributed by atoms with van der Waals surface area (Å²) in [5.41, 5.74) is 5.30. The molecule has 0 aliphatic heterocycles. The average Bonchev–Trinajstić information content (AvgIpc) is 2.73. The minimum atomic E-state index is -3.33. The number of carbonyl (C=O) groups is 2. The lowest BCUT2D eigenvalue weighted by Crippen LogP contribution is -2.34. The molecule has 0 aromatic heterocycles. The summed E-state index contributed by atoms with van der Waals surface area (Å²) < 4.78 is 22.0. The molecule has 1 aliphatic rings. The molecule has 1 rings (SSSR count). The van der Waals surface area contributed by atoms with E-state index in [2.05, 4.69) is 0 Å². The SMILES string of the molecule is CS(=O)(=O)CC1C(C(=O)O)C1C(N)C(=O)O. The normalized spacial score (nSPS) is 30.8. The lowest BCUT2D eigenvalue weighted by atomic mass is 10.1. The smallest absolute Gasteiger partial charge is 0.320 e. The van der Waals surface area contributed by atoms with Crippen LogP contribution in [-0.4, -0.2) is 48.6 Å². The molecule has 0 bridgehead atoms. The highest BCUT2D eigenvalue weighted by atomic mass is 32.2. The number of sulfone groups is 1. The van der Waals surface area contributed by atoms with Gasteiger partial charge in [-0.05, 0) is 5.92 Å². The first-order valence-electron chi connectivity index (χ1n) is 4.54. The molecule has 1 aliphatic carbocycles. The molecule has 8 heteroatoms. The number of carboxylic acid groups (broad SMARTS) is 2. The molecular weight excluding hydrogens is 238 g/mol. The van der Waals surface area contributed by atoms with Gasteiger partial charge in [0.05, 0.1) is 11.7 Å². The number of carboxylic acids is 2. The van der Waals surface area contributed by atoms with Crippen molar-refractivity contribution < 1.29 is 28.2 Å². The van der Waals surface area contributed by atoms with Crippen molar-refractivity contribution in [2.45, 2.75) is 6.04 Å². The van der Waals surface area contributed by atoms with Gasteiger partial charge in [0.2, 0.25) is 0 Å². The highest BCUT2D eigenvalue weighted by Gasteiger charge is 2.60. The van der Waals surface area contributed by atoms with Gasteiger partial charge in [0.25, 0.3) is 0 Å². The zero-order chi connectivity index (χ0) is 12.7. The topological polar surface area (TPSA) is 135 Å². The van der Waals surface area contributed by atoms with E-state index in [0.29, 0.717) is 0 Å². The van der Waals surface area contributed by atoms with E-state index in [0.717, 1.165) is 6.26 Å². The Bertz CT molecular complexity index is 416. The molecule has 7 nitrogen and oxygen atoms in total. The minimum absolute atomic E-state index is 0.338. The van der Waals surface area contributed by atoms with Gasteiger partial charge in [0.15, 0.2) is 0 Å². The first-order valence-corrected chi connectivity index (χ1v) is 6.60. The third kappa shape index (κ3) is 2.70. The fourth-order valence-corrected chi connectivity index (χ4v) is 3.10.